The molecule has 1 N–H and O–H groups in total. The minimum Gasteiger partial charge on any atom is -0.392 e. The summed E-state index contributed by atoms with van der Waals surface area (Å²) in [7, 11) is 0. The van der Waals surface area contributed by atoms with E-state index in [0.717, 1.165) is 6.42 Å². The van der Waals surface area contributed by atoms with Crippen molar-refractivity contribution in [2.24, 2.45) is 5.92 Å². The van der Waals surface area contributed by atoms with Crippen LogP contribution in [0.15, 0.2) is 30.3 Å². The number of nitrogens with zero attached hydrogens (tertiary/aromatic N) is 1. The maximum absolute atomic E-state index is 9.75. The van der Waals surface area contributed by atoms with Gasteiger partial charge in [0.1, 0.15) is 0 Å². The number of benzene rings is 1. The Hall–Kier alpha value is -1.33. The van der Waals surface area contributed by atoms with Gasteiger partial charge in [-0.05, 0) is 24.8 Å². The molecule has 0 aromatic heterocycles. The Morgan fingerprint density at radius 1 is 1.33 bits per heavy atom. The Morgan fingerprint density at radius 2 is 2.00 bits per heavy atom. The monoisotopic (exact) mass is 203 g/mol. The Morgan fingerprint density at radius 3 is 2.53 bits per heavy atom. The Bertz CT molecular complexity index is 315. The summed E-state index contributed by atoms with van der Waals surface area (Å²) >= 11 is 0. The fourth-order valence-corrected chi connectivity index (χ4v) is 1.61. The van der Waals surface area contributed by atoms with E-state index in [4.69, 9.17) is 5.26 Å². The molecule has 15 heavy (non-hydrogen) atoms. The molecular weight excluding hydrogens is 186 g/mol. The van der Waals surface area contributed by atoms with Gasteiger partial charge in [-0.3, -0.25) is 0 Å². The highest BCUT2D eigenvalue weighted by Crippen LogP contribution is 2.13. The van der Waals surface area contributed by atoms with Crippen molar-refractivity contribution in [1.82, 2.24) is 0 Å². The molecule has 1 aromatic carbocycles. The van der Waals surface area contributed by atoms with Crippen LogP contribution in [0, 0.1) is 17.2 Å². The smallest absolute Gasteiger partial charge is 0.0720 e. The van der Waals surface area contributed by atoms with E-state index < -0.39 is 6.10 Å². The lowest BCUT2D eigenvalue weighted by Crippen LogP contribution is -2.18. The molecule has 0 heterocycles. The summed E-state index contributed by atoms with van der Waals surface area (Å²) < 4.78 is 0. The van der Waals surface area contributed by atoms with E-state index in [1.54, 1.807) is 0 Å². The zero-order valence-corrected chi connectivity index (χ0v) is 9.06. The van der Waals surface area contributed by atoms with Crippen LogP contribution in [0.25, 0.3) is 0 Å². The van der Waals surface area contributed by atoms with Crippen molar-refractivity contribution in [3.8, 4) is 6.07 Å². The van der Waals surface area contributed by atoms with Crippen molar-refractivity contribution in [2.45, 2.75) is 32.3 Å². The van der Waals surface area contributed by atoms with Crippen molar-refractivity contribution in [3.05, 3.63) is 35.9 Å². The second-order valence-electron chi connectivity index (χ2n) is 3.74. The fourth-order valence-electron chi connectivity index (χ4n) is 1.61. The lowest BCUT2D eigenvalue weighted by Gasteiger charge is -2.14. The molecule has 2 nitrogen and oxygen atoms in total. The van der Waals surface area contributed by atoms with Gasteiger partial charge < -0.3 is 5.11 Å². The first-order valence-corrected chi connectivity index (χ1v) is 5.39. The molecule has 0 radical (unpaired) electrons. The number of aliphatic hydroxyl groups excluding tert-OH is 1. The highest BCUT2D eigenvalue weighted by molar-refractivity contribution is 5.14. The van der Waals surface area contributed by atoms with Gasteiger partial charge in [0.2, 0.25) is 0 Å². The first-order valence-electron chi connectivity index (χ1n) is 5.39. The Labute approximate surface area is 91.2 Å². The largest absolute Gasteiger partial charge is 0.392 e. The quantitative estimate of drug-likeness (QED) is 0.799. The Kier molecular flexibility index (Phi) is 4.86. The molecule has 2 heteroatoms. The summed E-state index contributed by atoms with van der Waals surface area (Å²) in [5, 5.41) is 18.5. The van der Waals surface area contributed by atoms with Gasteiger partial charge >= 0.3 is 0 Å². The van der Waals surface area contributed by atoms with Crippen LogP contribution in [0.5, 0.6) is 0 Å². The van der Waals surface area contributed by atoms with Crippen LogP contribution in [0.1, 0.15) is 25.3 Å². The van der Waals surface area contributed by atoms with E-state index in [-0.39, 0.29) is 5.92 Å². The van der Waals surface area contributed by atoms with Crippen LogP contribution in [-0.2, 0) is 6.42 Å². The summed E-state index contributed by atoms with van der Waals surface area (Å²) in [4.78, 5) is 0. The average Bonchev–Trinajstić information content (AvgIpc) is 2.29. The van der Waals surface area contributed by atoms with Gasteiger partial charge in [-0.1, -0.05) is 37.3 Å². The third-order valence-electron chi connectivity index (χ3n) is 2.64. The van der Waals surface area contributed by atoms with Crippen LogP contribution >= 0.6 is 0 Å². The van der Waals surface area contributed by atoms with E-state index in [2.05, 4.69) is 6.07 Å². The van der Waals surface area contributed by atoms with E-state index in [9.17, 15) is 5.11 Å². The van der Waals surface area contributed by atoms with Gasteiger partial charge in [0.25, 0.3) is 0 Å². The molecular formula is C13H17NO. The second kappa shape index (κ2) is 6.21. The molecule has 0 aliphatic carbocycles. The van der Waals surface area contributed by atoms with Gasteiger partial charge in [0.15, 0.2) is 0 Å². The van der Waals surface area contributed by atoms with Crippen molar-refractivity contribution in [1.29, 1.82) is 5.26 Å². The van der Waals surface area contributed by atoms with Crippen molar-refractivity contribution >= 4 is 0 Å². The number of nitriles is 1. The number of hydrogen-bond donors (Lipinski definition) is 1. The number of rotatable bonds is 5. The summed E-state index contributed by atoms with van der Waals surface area (Å²) in [5.41, 5.74) is 1.21. The molecule has 0 fully saturated rings. The first kappa shape index (κ1) is 11.7. The van der Waals surface area contributed by atoms with E-state index in [1.165, 1.54) is 5.56 Å². The van der Waals surface area contributed by atoms with Gasteiger partial charge in [0, 0.05) is 0 Å². The summed E-state index contributed by atoms with van der Waals surface area (Å²) in [5.74, 6) is -0.228. The molecule has 0 saturated carbocycles. The van der Waals surface area contributed by atoms with Crippen LogP contribution in [-0.4, -0.2) is 11.2 Å². The summed E-state index contributed by atoms with van der Waals surface area (Å²) in [6.45, 7) is 1.93. The molecule has 0 saturated heterocycles. The molecule has 0 aliphatic rings. The third kappa shape index (κ3) is 3.73. The maximum Gasteiger partial charge on any atom is 0.0720 e. The fraction of sp³-hybridized carbons (Fsp3) is 0.462. The molecule has 2 atom stereocenters. The summed E-state index contributed by atoms with van der Waals surface area (Å²) in [6.07, 6.45) is 1.71. The van der Waals surface area contributed by atoms with Crippen molar-refractivity contribution in [2.75, 3.05) is 0 Å². The predicted molar refractivity (Wildman–Crippen MR) is 60.2 cm³/mol. The lowest BCUT2D eigenvalue weighted by atomic mass is 9.95. The molecule has 0 aliphatic heterocycles. The van der Waals surface area contributed by atoms with Gasteiger partial charge in [-0.25, -0.2) is 0 Å². The highest BCUT2D eigenvalue weighted by Gasteiger charge is 2.15. The van der Waals surface area contributed by atoms with Gasteiger partial charge in [-0.15, -0.1) is 0 Å². The van der Waals surface area contributed by atoms with Crippen molar-refractivity contribution in [3.63, 3.8) is 0 Å². The molecule has 0 spiro atoms. The van der Waals surface area contributed by atoms with Crippen molar-refractivity contribution < 1.29 is 5.11 Å². The maximum atomic E-state index is 9.75. The van der Waals surface area contributed by atoms with Gasteiger partial charge in [-0.2, -0.15) is 5.26 Å². The van der Waals surface area contributed by atoms with Crippen LogP contribution < -0.4 is 0 Å². The molecule has 0 bridgehead atoms. The van der Waals surface area contributed by atoms with E-state index in [0.29, 0.717) is 12.8 Å². The normalized spacial score (nSPS) is 14.2. The number of aryl methyl sites for hydroxylation is 1. The van der Waals surface area contributed by atoms with Crippen LogP contribution in [0.3, 0.4) is 0 Å². The minimum atomic E-state index is -0.500. The topological polar surface area (TPSA) is 44.0 Å². The lowest BCUT2D eigenvalue weighted by molar-refractivity contribution is 0.122. The first-order chi connectivity index (χ1) is 7.27. The third-order valence-corrected chi connectivity index (χ3v) is 2.64. The van der Waals surface area contributed by atoms with Crippen LogP contribution in [0.4, 0.5) is 0 Å². The predicted octanol–water partition coefficient (Wildman–Crippen LogP) is 2.53. The summed E-state index contributed by atoms with van der Waals surface area (Å²) in [6, 6.07) is 12.2. The zero-order chi connectivity index (χ0) is 11.1. The average molecular weight is 203 g/mol. The zero-order valence-electron chi connectivity index (χ0n) is 9.06. The number of aliphatic hydroxyl groups is 1. The molecule has 1 rings (SSSR count). The highest BCUT2D eigenvalue weighted by atomic mass is 16.3. The molecule has 80 valence electrons. The SMILES string of the molecule is CCC(C#N)C(O)CCc1ccccc1. The molecule has 1 aromatic rings. The molecule has 2 unspecified atom stereocenters. The minimum absolute atomic E-state index is 0.228. The van der Waals surface area contributed by atoms with E-state index in [1.807, 2.05) is 37.3 Å². The standard InChI is InChI=1S/C13H17NO/c1-2-12(10-14)13(15)9-8-11-6-4-3-5-7-11/h3-7,12-13,15H,2,8-9H2,1H3. The second-order valence-corrected chi connectivity index (χ2v) is 3.74. The molecule has 0 amide bonds. The van der Waals surface area contributed by atoms with E-state index >= 15 is 0 Å². The van der Waals surface area contributed by atoms with Gasteiger partial charge in [0.05, 0.1) is 18.1 Å². The van der Waals surface area contributed by atoms with Crippen LogP contribution in [0.2, 0.25) is 0 Å². The number of hydrogen-bond acceptors (Lipinski definition) is 2. The Balaban J connectivity index is 2.41.